The molecular formula is C12H21N3O2S. The number of thiazole rings is 1. The third-order valence-electron chi connectivity index (χ3n) is 2.80. The fourth-order valence-corrected chi connectivity index (χ4v) is 2.48. The van der Waals surface area contributed by atoms with E-state index in [1.807, 2.05) is 31.1 Å². The molecule has 1 heterocycles. The zero-order valence-corrected chi connectivity index (χ0v) is 12.0. The van der Waals surface area contributed by atoms with Gasteiger partial charge in [0.25, 0.3) is 0 Å². The van der Waals surface area contributed by atoms with E-state index in [0.717, 1.165) is 12.2 Å². The van der Waals surface area contributed by atoms with Gasteiger partial charge in [0.05, 0.1) is 6.54 Å². The molecule has 0 fully saturated rings. The van der Waals surface area contributed by atoms with E-state index in [1.54, 1.807) is 4.57 Å². The molecule has 0 radical (unpaired) electrons. The molecule has 0 atom stereocenters. The van der Waals surface area contributed by atoms with E-state index in [4.69, 9.17) is 0 Å². The largest absolute Gasteiger partial charge is 0.355 e. The van der Waals surface area contributed by atoms with Gasteiger partial charge in [-0.15, -0.1) is 0 Å². The van der Waals surface area contributed by atoms with Gasteiger partial charge in [0.1, 0.15) is 0 Å². The minimum Gasteiger partial charge on any atom is -0.355 e. The first kappa shape index (κ1) is 14.9. The van der Waals surface area contributed by atoms with Crippen molar-refractivity contribution in [3.8, 4) is 0 Å². The van der Waals surface area contributed by atoms with Gasteiger partial charge in [-0.05, 0) is 20.4 Å². The topological polar surface area (TPSA) is 54.3 Å². The first-order chi connectivity index (χ1) is 8.58. The molecule has 0 bridgehead atoms. The van der Waals surface area contributed by atoms with Crippen LogP contribution in [0.15, 0.2) is 10.2 Å². The van der Waals surface area contributed by atoms with E-state index in [9.17, 15) is 9.59 Å². The van der Waals surface area contributed by atoms with Crippen molar-refractivity contribution >= 4 is 17.2 Å². The second-order valence-electron chi connectivity index (χ2n) is 4.12. The number of amides is 1. The zero-order chi connectivity index (χ0) is 13.5. The molecule has 0 saturated carbocycles. The van der Waals surface area contributed by atoms with Gasteiger partial charge in [-0.2, -0.15) is 0 Å². The Balaban J connectivity index is 2.49. The van der Waals surface area contributed by atoms with Crippen molar-refractivity contribution in [3.05, 3.63) is 20.7 Å². The number of hydrogen-bond donors (Lipinski definition) is 1. The van der Waals surface area contributed by atoms with Crippen molar-refractivity contribution in [1.82, 2.24) is 14.8 Å². The number of nitrogens with one attached hydrogen (secondary N) is 1. The van der Waals surface area contributed by atoms with Crippen molar-refractivity contribution < 1.29 is 4.79 Å². The van der Waals surface area contributed by atoms with Crippen LogP contribution in [0, 0.1) is 6.92 Å². The quantitative estimate of drug-likeness (QED) is 0.793. The molecule has 1 aromatic rings. The highest BCUT2D eigenvalue weighted by atomic mass is 32.1. The molecule has 102 valence electrons. The van der Waals surface area contributed by atoms with Crippen LogP contribution < -0.4 is 10.2 Å². The Labute approximate surface area is 111 Å². The maximum atomic E-state index is 11.5. The lowest BCUT2D eigenvalue weighted by Gasteiger charge is -2.20. The fraction of sp³-hybridized carbons (Fsp3) is 0.667. The number of rotatable bonds is 7. The number of hydrogen-bond acceptors (Lipinski definition) is 4. The van der Waals surface area contributed by atoms with Crippen LogP contribution in [0.2, 0.25) is 0 Å². The van der Waals surface area contributed by atoms with Crippen LogP contribution in [-0.4, -0.2) is 41.6 Å². The standard InChI is InChI=1S/C12H21N3O2S/c1-4-13-11(16)8-14(5-2)6-7-15-10(3)9-18-12(15)17/h9H,4-8H2,1-3H3,(H,13,16). The summed E-state index contributed by atoms with van der Waals surface area (Å²) < 4.78 is 1.76. The molecule has 1 amide bonds. The van der Waals surface area contributed by atoms with Crippen LogP contribution in [0.1, 0.15) is 19.5 Å². The van der Waals surface area contributed by atoms with Gasteiger partial charge in [-0.25, -0.2) is 0 Å². The number of likely N-dealkylation sites (N-methyl/N-ethyl adjacent to an activating group) is 2. The lowest BCUT2D eigenvalue weighted by molar-refractivity contribution is -0.122. The second kappa shape index (κ2) is 7.33. The molecule has 1 N–H and O–H groups in total. The summed E-state index contributed by atoms with van der Waals surface area (Å²) in [7, 11) is 0. The summed E-state index contributed by atoms with van der Waals surface area (Å²) in [5.41, 5.74) is 0.985. The van der Waals surface area contributed by atoms with Crippen molar-refractivity contribution in [2.75, 3.05) is 26.2 Å². The third kappa shape index (κ3) is 4.27. The number of nitrogens with zero attached hydrogens (tertiary/aromatic N) is 2. The summed E-state index contributed by atoms with van der Waals surface area (Å²) in [6.45, 7) is 9.05. The van der Waals surface area contributed by atoms with Crippen molar-refractivity contribution in [1.29, 1.82) is 0 Å². The Morgan fingerprint density at radius 3 is 2.72 bits per heavy atom. The minimum atomic E-state index is 0.0359. The van der Waals surface area contributed by atoms with Gasteiger partial charge in [0, 0.05) is 30.7 Å². The third-order valence-corrected chi connectivity index (χ3v) is 3.69. The number of carbonyl (C=O) groups excluding carboxylic acids is 1. The lowest BCUT2D eigenvalue weighted by Crippen LogP contribution is -2.39. The molecule has 0 unspecified atom stereocenters. The molecule has 0 spiro atoms. The molecule has 0 aliphatic rings. The normalized spacial score (nSPS) is 10.9. The maximum absolute atomic E-state index is 11.5. The molecule has 18 heavy (non-hydrogen) atoms. The highest BCUT2D eigenvalue weighted by Gasteiger charge is 2.09. The fourth-order valence-electron chi connectivity index (χ4n) is 1.72. The maximum Gasteiger partial charge on any atom is 0.307 e. The Morgan fingerprint density at radius 2 is 2.22 bits per heavy atom. The average molecular weight is 271 g/mol. The zero-order valence-electron chi connectivity index (χ0n) is 11.2. The molecular weight excluding hydrogens is 250 g/mol. The summed E-state index contributed by atoms with van der Waals surface area (Å²) >= 11 is 1.22. The second-order valence-corrected chi connectivity index (χ2v) is 4.94. The monoisotopic (exact) mass is 271 g/mol. The van der Waals surface area contributed by atoms with Gasteiger partial charge in [0.15, 0.2) is 0 Å². The number of carbonyl (C=O) groups is 1. The van der Waals surface area contributed by atoms with Crippen molar-refractivity contribution in [3.63, 3.8) is 0 Å². The average Bonchev–Trinajstić information content (AvgIpc) is 2.65. The van der Waals surface area contributed by atoms with Crippen LogP contribution in [0.5, 0.6) is 0 Å². The van der Waals surface area contributed by atoms with Gasteiger partial charge < -0.3 is 9.88 Å². The summed E-state index contributed by atoms with van der Waals surface area (Å²) in [5, 5.41) is 4.64. The van der Waals surface area contributed by atoms with Gasteiger partial charge in [-0.1, -0.05) is 18.3 Å². The first-order valence-corrected chi connectivity index (χ1v) is 7.10. The number of aryl methyl sites for hydroxylation is 1. The van der Waals surface area contributed by atoms with Crippen LogP contribution in [0.3, 0.4) is 0 Å². The first-order valence-electron chi connectivity index (χ1n) is 6.22. The van der Waals surface area contributed by atoms with E-state index in [2.05, 4.69) is 5.32 Å². The van der Waals surface area contributed by atoms with Gasteiger partial charge >= 0.3 is 4.87 Å². The van der Waals surface area contributed by atoms with Crippen LogP contribution in [0.4, 0.5) is 0 Å². The molecule has 0 aliphatic carbocycles. The van der Waals surface area contributed by atoms with E-state index in [-0.39, 0.29) is 10.8 Å². The predicted octanol–water partition coefficient (Wildman–Crippen LogP) is 0.676. The number of aromatic nitrogens is 1. The molecule has 1 aromatic heterocycles. The summed E-state index contributed by atoms with van der Waals surface area (Å²) in [4.78, 5) is 25.1. The lowest BCUT2D eigenvalue weighted by atomic mass is 10.4. The highest BCUT2D eigenvalue weighted by Crippen LogP contribution is 2.00. The molecule has 0 aliphatic heterocycles. The molecule has 0 aromatic carbocycles. The Hall–Kier alpha value is -1.14. The Kier molecular flexibility index (Phi) is 6.07. The van der Waals surface area contributed by atoms with Crippen LogP contribution in [-0.2, 0) is 11.3 Å². The van der Waals surface area contributed by atoms with E-state index in [1.165, 1.54) is 11.3 Å². The van der Waals surface area contributed by atoms with Gasteiger partial charge in [-0.3, -0.25) is 14.5 Å². The van der Waals surface area contributed by atoms with Crippen LogP contribution >= 0.6 is 11.3 Å². The van der Waals surface area contributed by atoms with Crippen molar-refractivity contribution in [2.45, 2.75) is 27.3 Å². The van der Waals surface area contributed by atoms with E-state index < -0.39 is 0 Å². The highest BCUT2D eigenvalue weighted by molar-refractivity contribution is 7.07. The Morgan fingerprint density at radius 1 is 1.50 bits per heavy atom. The SMILES string of the molecule is CCNC(=O)CN(CC)CCn1c(C)csc1=O. The summed E-state index contributed by atoms with van der Waals surface area (Å²) in [5.74, 6) is 0.0359. The molecule has 1 rings (SSSR count). The minimum absolute atomic E-state index is 0.0359. The summed E-state index contributed by atoms with van der Waals surface area (Å²) in [6.07, 6.45) is 0. The van der Waals surface area contributed by atoms with E-state index in [0.29, 0.717) is 26.2 Å². The van der Waals surface area contributed by atoms with Crippen LogP contribution in [0.25, 0.3) is 0 Å². The molecule has 0 saturated heterocycles. The van der Waals surface area contributed by atoms with E-state index >= 15 is 0 Å². The van der Waals surface area contributed by atoms with Crippen molar-refractivity contribution in [2.24, 2.45) is 0 Å². The predicted molar refractivity (Wildman–Crippen MR) is 74.1 cm³/mol. The smallest absolute Gasteiger partial charge is 0.307 e. The Bertz CT molecular complexity index is 439. The molecule has 5 nitrogen and oxygen atoms in total. The van der Waals surface area contributed by atoms with Gasteiger partial charge in [0.2, 0.25) is 5.91 Å². The summed E-state index contributed by atoms with van der Waals surface area (Å²) in [6, 6.07) is 0. The molecule has 6 heteroatoms.